The molecule has 1 heterocycles. The second kappa shape index (κ2) is 6.56. The van der Waals surface area contributed by atoms with Crippen LogP contribution in [0, 0.1) is 16.0 Å². The van der Waals surface area contributed by atoms with Crippen LogP contribution in [0.25, 0.3) is 0 Å². The van der Waals surface area contributed by atoms with Crippen molar-refractivity contribution >= 4 is 17.3 Å². The molecule has 1 aliphatic heterocycles. The Morgan fingerprint density at radius 2 is 2.19 bits per heavy atom. The van der Waals surface area contributed by atoms with E-state index < -0.39 is 0 Å². The number of amides is 1. The highest BCUT2D eigenvalue weighted by Gasteiger charge is 2.29. The van der Waals surface area contributed by atoms with Gasteiger partial charge >= 0.3 is 0 Å². The zero-order valence-corrected chi connectivity index (χ0v) is 12.5. The molecular weight excluding hydrogens is 270 g/mol. The van der Waals surface area contributed by atoms with Gasteiger partial charge in [-0.25, -0.2) is 0 Å². The zero-order valence-electron chi connectivity index (χ0n) is 12.5. The molecule has 1 N–H and O–H groups in total. The molecule has 1 unspecified atom stereocenters. The SMILES string of the molecule is CCNc1c(CN2CC(CC)CC2=O)cccc1[N+](=O)[O-]. The first-order valence-electron chi connectivity index (χ1n) is 7.34. The molecule has 6 nitrogen and oxygen atoms in total. The highest BCUT2D eigenvalue weighted by molar-refractivity contribution is 5.79. The van der Waals surface area contributed by atoms with E-state index in [1.54, 1.807) is 11.0 Å². The summed E-state index contributed by atoms with van der Waals surface area (Å²) in [5, 5.41) is 14.2. The second-order valence-corrected chi connectivity index (χ2v) is 5.35. The molecule has 114 valence electrons. The number of nitro benzene ring substituents is 1. The minimum atomic E-state index is -0.387. The molecular formula is C15H21N3O3. The number of likely N-dealkylation sites (tertiary alicyclic amines) is 1. The van der Waals surface area contributed by atoms with Gasteiger partial charge in [-0.05, 0) is 12.8 Å². The van der Waals surface area contributed by atoms with Gasteiger partial charge in [-0.2, -0.15) is 0 Å². The van der Waals surface area contributed by atoms with E-state index in [2.05, 4.69) is 12.2 Å². The lowest BCUT2D eigenvalue weighted by molar-refractivity contribution is -0.384. The van der Waals surface area contributed by atoms with Crippen LogP contribution in [0.2, 0.25) is 0 Å². The van der Waals surface area contributed by atoms with E-state index in [9.17, 15) is 14.9 Å². The summed E-state index contributed by atoms with van der Waals surface area (Å²) in [5.74, 6) is 0.537. The number of nitrogens with zero attached hydrogens (tertiary/aromatic N) is 2. The third kappa shape index (κ3) is 3.32. The zero-order chi connectivity index (χ0) is 15.4. The number of carbonyl (C=O) groups is 1. The number of nitro groups is 1. The van der Waals surface area contributed by atoms with Gasteiger partial charge in [0.25, 0.3) is 5.69 Å². The summed E-state index contributed by atoms with van der Waals surface area (Å²) in [7, 11) is 0. The van der Waals surface area contributed by atoms with Gasteiger partial charge < -0.3 is 10.2 Å². The molecule has 1 atom stereocenters. The van der Waals surface area contributed by atoms with Crippen molar-refractivity contribution in [1.29, 1.82) is 0 Å². The molecule has 0 spiro atoms. The normalized spacial score (nSPS) is 18.1. The molecule has 6 heteroatoms. The van der Waals surface area contributed by atoms with Crippen LogP contribution in [0.15, 0.2) is 18.2 Å². The molecule has 21 heavy (non-hydrogen) atoms. The Morgan fingerprint density at radius 3 is 2.76 bits per heavy atom. The maximum absolute atomic E-state index is 12.0. The molecule has 1 saturated heterocycles. The molecule has 2 rings (SSSR count). The van der Waals surface area contributed by atoms with E-state index in [0.717, 1.165) is 18.5 Å². The predicted molar refractivity (Wildman–Crippen MR) is 81.1 cm³/mol. The fourth-order valence-corrected chi connectivity index (χ4v) is 2.74. The number of anilines is 1. The van der Waals surface area contributed by atoms with Gasteiger partial charge in [0, 0.05) is 37.7 Å². The van der Waals surface area contributed by atoms with Crippen LogP contribution in [-0.2, 0) is 11.3 Å². The van der Waals surface area contributed by atoms with Crippen molar-refractivity contribution in [2.45, 2.75) is 33.2 Å². The quantitative estimate of drug-likeness (QED) is 0.646. The Balaban J connectivity index is 2.25. The summed E-state index contributed by atoms with van der Waals surface area (Å²) < 4.78 is 0. The molecule has 0 bridgehead atoms. The first kappa shape index (κ1) is 15.3. The van der Waals surface area contributed by atoms with Gasteiger partial charge in [0.2, 0.25) is 5.91 Å². The third-order valence-corrected chi connectivity index (χ3v) is 3.91. The Bertz CT molecular complexity index is 545. The molecule has 0 aromatic heterocycles. The van der Waals surface area contributed by atoms with Crippen molar-refractivity contribution in [2.75, 3.05) is 18.4 Å². The summed E-state index contributed by atoms with van der Waals surface area (Å²) in [6.45, 7) is 5.75. The summed E-state index contributed by atoms with van der Waals surface area (Å²) in [5.41, 5.74) is 1.39. The Kier molecular flexibility index (Phi) is 4.77. The van der Waals surface area contributed by atoms with Crippen molar-refractivity contribution in [3.8, 4) is 0 Å². The Labute approximate surface area is 124 Å². The van der Waals surface area contributed by atoms with Gasteiger partial charge in [0.1, 0.15) is 5.69 Å². The molecule has 1 aromatic rings. The van der Waals surface area contributed by atoms with Gasteiger partial charge in [0.15, 0.2) is 0 Å². The summed E-state index contributed by atoms with van der Waals surface area (Å²) in [4.78, 5) is 24.6. The van der Waals surface area contributed by atoms with E-state index in [-0.39, 0.29) is 16.5 Å². The monoisotopic (exact) mass is 291 g/mol. The first-order valence-corrected chi connectivity index (χ1v) is 7.34. The fourth-order valence-electron chi connectivity index (χ4n) is 2.74. The number of carbonyl (C=O) groups excluding carboxylic acids is 1. The van der Waals surface area contributed by atoms with E-state index >= 15 is 0 Å². The van der Waals surface area contributed by atoms with Crippen molar-refractivity contribution < 1.29 is 9.72 Å². The summed E-state index contributed by atoms with van der Waals surface area (Å²) in [6.07, 6.45) is 1.57. The average Bonchev–Trinajstić information content (AvgIpc) is 2.81. The number of benzene rings is 1. The molecule has 0 saturated carbocycles. The predicted octanol–water partition coefficient (Wildman–Crippen LogP) is 2.79. The number of rotatable bonds is 6. The standard InChI is InChI=1S/C15H21N3O3/c1-3-11-8-14(19)17(9-11)10-12-6-5-7-13(18(20)21)15(12)16-4-2/h5-7,11,16H,3-4,8-10H2,1-2H3. The van der Waals surface area contributed by atoms with E-state index in [0.29, 0.717) is 31.1 Å². The third-order valence-electron chi connectivity index (χ3n) is 3.91. The topological polar surface area (TPSA) is 75.5 Å². The van der Waals surface area contributed by atoms with Crippen molar-refractivity contribution in [3.63, 3.8) is 0 Å². The van der Waals surface area contributed by atoms with E-state index in [1.807, 2.05) is 13.0 Å². The highest BCUT2D eigenvalue weighted by atomic mass is 16.6. The van der Waals surface area contributed by atoms with Crippen LogP contribution < -0.4 is 5.32 Å². The van der Waals surface area contributed by atoms with Gasteiger partial charge in [0.05, 0.1) is 4.92 Å². The first-order chi connectivity index (χ1) is 10.1. The maximum Gasteiger partial charge on any atom is 0.292 e. The summed E-state index contributed by atoms with van der Waals surface area (Å²) >= 11 is 0. The van der Waals surface area contributed by atoms with Crippen molar-refractivity contribution in [2.24, 2.45) is 5.92 Å². The van der Waals surface area contributed by atoms with Crippen LogP contribution in [0.3, 0.4) is 0 Å². The van der Waals surface area contributed by atoms with Gasteiger partial charge in [-0.3, -0.25) is 14.9 Å². The van der Waals surface area contributed by atoms with Crippen LogP contribution >= 0.6 is 0 Å². The second-order valence-electron chi connectivity index (χ2n) is 5.35. The smallest absolute Gasteiger partial charge is 0.292 e. The van der Waals surface area contributed by atoms with Crippen LogP contribution in [-0.4, -0.2) is 28.8 Å². The molecule has 1 aromatic carbocycles. The Hall–Kier alpha value is -2.11. The van der Waals surface area contributed by atoms with Crippen LogP contribution in [0.4, 0.5) is 11.4 Å². The Morgan fingerprint density at radius 1 is 1.43 bits per heavy atom. The van der Waals surface area contributed by atoms with Gasteiger partial charge in [-0.15, -0.1) is 0 Å². The molecule has 1 aliphatic rings. The fraction of sp³-hybridized carbons (Fsp3) is 0.533. The number of hydrogen-bond donors (Lipinski definition) is 1. The lowest BCUT2D eigenvalue weighted by atomic mass is 10.1. The number of hydrogen-bond acceptors (Lipinski definition) is 4. The van der Waals surface area contributed by atoms with Crippen molar-refractivity contribution in [3.05, 3.63) is 33.9 Å². The van der Waals surface area contributed by atoms with E-state index in [4.69, 9.17) is 0 Å². The van der Waals surface area contributed by atoms with E-state index in [1.165, 1.54) is 6.07 Å². The largest absolute Gasteiger partial charge is 0.379 e. The maximum atomic E-state index is 12.0. The van der Waals surface area contributed by atoms with Gasteiger partial charge in [-0.1, -0.05) is 25.5 Å². The number of para-hydroxylation sites is 1. The van der Waals surface area contributed by atoms with Crippen LogP contribution in [0.5, 0.6) is 0 Å². The van der Waals surface area contributed by atoms with Crippen molar-refractivity contribution in [1.82, 2.24) is 4.90 Å². The number of nitrogens with one attached hydrogen (secondary N) is 1. The highest BCUT2D eigenvalue weighted by Crippen LogP contribution is 2.31. The molecule has 1 fully saturated rings. The lowest BCUT2D eigenvalue weighted by Crippen LogP contribution is -2.25. The average molecular weight is 291 g/mol. The molecule has 0 radical (unpaired) electrons. The van der Waals surface area contributed by atoms with Crippen LogP contribution in [0.1, 0.15) is 32.3 Å². The molecule has 0 aliphatic carbocycles. The lowest BCUT2D eigenvalue weighted by Gasteiger charge is -2.19. The summed E-state index contributed by atoms with van der Waals surface area (Å²) in [6, 6.07) is 5.01. The molecule has 1 amide bonds. The minimum Gasteiger partial charge on any atom is -0.379 e. The minimum absolute atomic E-state index is 0.0630.